The van der Waals surface area contributed by atoms with E-state index in [0.29, 0.717) is 34.1 Å². The highest BCUT2D eigenvalue weighted by Gasteiger charge is 2.43. The lowest BCUT2D eigenvalue weighted by Gasteiger charge is -2.19. The van der Waals surface area contributed by atoms with E-state index in [9.17, 15) is 9.59 Å². The van der Waals surface area contributed by atoms with Crippen molar-refractivity contribution in [1.82, 2.24) is 24.4 Å². The van der Waals surface area contributed by atoms with E-state index in [2.05, 4.69) is 37.6 Å². The Kier molecular flexibility index (Phi) is 6.07. The molecule has 0 spiro atoms. The second-order valence-electron chi connectivity index (χ2n) is 9.89. The number of nitrogens with two attached hydrogens (primary N) is 1. The predicted molar refractivity (Wildman–Crippen MR) is 147 cm³/mol. The smallest absolute Gasteiger partial charge is 0.256 e. The summed E-state index contributed by atoms with van der Waals surface area (Å²) in [4.78, 5) is 39.6. The third-order valence-corrected chi connectivity index (χ3v) is 7.90. The van der Waals surface area contributed by atoms with Crippen molar-refractivity contribution in [2.75, 3.05) is 24.1 Å². The van der Waals surface area contributed by atoms with E-state index in [1.165, 1.54) is 18.6 Å². The van der Waals surface area contributed by atoms with Crippen molar-refractivity contribution in [1.29, 1.82) is 0 Å². The van der Waals surface area contributed by atoms with E-state index < -0.39 is 0 Å². The molecule has 0 bridgehead atoms. The largest absolute Gasteiger partial charge is 0.383 e. The van der Waals surface area contributed by atoms with Crippen LogP contribution in [-0.4, -0.2) is 49.3 Å². The fraction of sp³-hybridized carbons (Fsp3) is 0.250. The zero-order valence-corrected chi connectivity index (χ0v) is 21.3. The van der Waals surface area contributed by atoms with Gasteiger partial charge in [0.05, 0.1) is 10.4 Å². The Bertz CT molecular complexity index is 1530. The van der Waals surface area contributed by atoms with Gasteiger partial charge in [-0.25, -0.2) is 15.0 Å². The maximum atomic E-state index is 12.7. The van der Waals surface area contributed by atoms with Gasteiger partial charge < -0.3 is 20.5 Å². The lowest BCUT2D eigenvalue weighted by Crippen LogP contribution is -2.28. The third-order valence-electron chi connectivity index (χ3n) is 7.67. The Hall–Kier alpha value is -4.24. The molecule has 2 amide bonds. The summed E-state index contributed by atoms with van der Waals surface area (Å²) in [5, 5.41) is 4.08. The average Bonchev–Trinajstić information content (AvgIpc) is 3.62. The molecule has 38 heavy (non-hydrogen) atoms. The maximum absolute atomic E-state index is 12.7. The molecule has 9 nitrogen and oxygen atoms in total. The van der Waals surface area contributed by atoms with Crippen LogP contribution in [0.3, 0.4) is 0 Å². The summed E-state index contributed by atoms with van der Waals surface area (Å²) in [7, 11) is 0. The minimum Gasteiger partial charge on any atom is -0.383 e. The van der Waals surface area contributed by atoms with E-state index in [1.807, 2.05) is 17.0 Å². The molecule has 2 aliphatic rings. The molecule has 3 aromatic heterocycles. The van der Waals surface area contributed by atoms with Crippen LogP contribution in [0.5, 0.6) is 0 Å². The number of aromatic nitrogens is 4. The summed E-state index contributed by atoms with van der Waals surface area (Å²) < 4.78 is 2.22. The fourth-order valence-electron chi connectivity index (χ4n) is 5.85. The molecule has 1 aliphatic heterocycles. The molecule has 1 saturated heterocycles. The monoisotopic (exact) mass is 527 g/mol. The molecule has 4 heterocycles. The third kappa shape index (κ3) is 4.28. The molecule has 1 aliphatic carbocycles. The zero-order valence-electron chi connectivity index (χ0n) is 20.5. The topological polar surface area (TPSA) is 119 Å². The number of halogens is 1. The first kappa shape index (κ1) is 24.1. The number of likely N-dealkylation sites (tertiary alicyclic amines) is 1. The lowest BCUT2D eigenvalue weighted by atomic mass is 10.0. The van der Waals surface area contributed by atoms with Gasteiger partial charge in [0.1, 0.15) is 23.6 Å². The molecule has 192 valence electrons. The van der Waals surface area contributed by atoms with Crippen LogP contribution >= 0.6 is 11.6 Å². The molecule has 1 aromatic carbocycles. The summed E-state index contributed by atoms with van der Waals surface area (Å²) in [6.45, 7) is 5.16. The Balaban J connectivity index is 1.26. The molecular formula is C28H26ClN7O2. The van der Waals surface area contributed by atoms with Crippen molar-refractivity contribution < 1.29 is 9.59 Å². The molecule has 2 unspecified atom stereocenters. The minimum absolute atomic E-state index is 0.00622. The Morgan fingerprint density at radius 3 is 2.45 bits per heavy atom. The number of rotatable bonds is 5. The first-order valence-electron chi connectivity index (χ1n) is 12.5. The number of hydrogen-bond acceptors (Lipinski definition) is 6. The van der Waals surface area contributed by atoms with Crippen molar-refractivity contribution in [3.05, 3.63) is 78.4 Å². The zero-order chi connectivity index (χ0) is 26.4. The highest BCUT2D eigenvalue weighted by atomic mass is 35.5. The first-order valence-corrected chi connectivity index (χ1v) is 12.8. The van der Waals surface area contributed by atoms with Crippen LogP contribution in [-0.2, 0) is 4.79 Å². The van der Waals surface area contributed by atoms with Gasteiger partial charge in [-0.1, -0.05) is 30.3 Å². The quantitative estimate of drug-likeness (QED) is 0.367. The van der Waals surface area contributed by atoms with Gasteiger partial charge >= 0.3 is 0 Å². The highest BCUT2D eigenvalue weighted by molar-refractivity contribution is 6.30. The molecule has 1 saturated carbocycles. The standard InChI is InChI=1S/C28H26ClN7O2/c1-2-24(37)35-12-18-9-21(10-19(18)13-35)36-14-22(25-26(30)32-15-33-27(25)36)16-3-5-17(6-4-16)28(38)34-23-8-7-20(29)11-31-23/h2-8,11,14-15,18-19,21H,1,9-10,12-13H2,(H2,30,32,33)(H,31,34,38). The number of amides is 2. The van der Waals surface area contributed by atoms with Gasteiger partial charge in [0.2, 0.25) is 5.91 Å². The Morgan fingerprint density at radius 1 is 1.05 bits per heavy atom. The summed E-state index contributed by atoms with van der Waals surface area (Å²) in [6, 6.07) is 10.9. The van der Waals surface area contributed by atoms with Crippen LogP contribution in [0.4, 0.5) is 11.6 Å². The molecule has 2 fully saturated rings. The number of nitrogens with one attached hydrogen (secondary N) is 1. The van der Waals surface area contributed by atoms with Gasteiger partial charge in [0.25, 0.3) is 5.91 Å². The summed E-state index contributed by atoms with van der Waals surface area (Å²) in [5.41, 5.74) is 9.48. The molecule has 2 atom stereocenters. The number of carbonyl (C=O) groups excluding carboxylic acids is 2. The molecule has 6 rings (SSSR count). The number of nitrogen functional groups attached to an aromatic ring is 1. The van der Waals surface area contributed by atoms with E-state index in [4.69, 9.17) is 17.3 Å². The van der Waals surface area contributed by atoms with Gasteiger partial charge in [-0.05, 0) is 60.6 Å². The summed E-state index contributed by atoms with van der Waals surface area (Å²) >= 11 is 5.87. The average molecular weight is 528 g/mol. The van der Waals surface area contributed by atoms with E-state index >= 15 is 0 Å². The number of carbonyl (C=O) groups is 2. The van der Waals surface area contributed by atoms with Crippen LogP contribution in [0.15, 0.2) is 67.8 Å². The van der Waals surface area contributed by atoms with Crippen LogP contribution in [0.25, 0.3) is 22.2 Å². The van der Waals surface area contributed by atoms with Gasteiger partial charge in [-0.3, -0.25) is 9.59 Å². The van der Waals surface area contributed by atoms with E-state index in [1.54, 1.807) is 24.3 Å². The number of nitrogens with zero attached hydrogens (tertiary/aromatic N) is 5. The molecule has 3 N–H and O–H groups in total. The number of fused-ring (bicyclic) bond motifs is 2. The normalized spacial score (nSPS) is 20.4. The first-order chi connectivity index (χ1) is 18.4. The summed E-state index contributed by atoms with van der Waals surface area (Å²) in [5.74, 6) is 1.49. The van der Waals surface area contributed by atoms with Gasteiger partial charge in [0.15, 0.2) is 0 Å². The predicted octanol–water partition coefficient (Wildman–Crippen LogP) is 4.58. The Morgan fingerprint density at radius 2 is 1.79 bits per heavy atom. The van der Waals surface area contributed by atoms with E-state index in [0.717, 1.165) is 48.1 Å². The number of pyridine rings is 1. The van der Waals surface area contributed by atoms with Crippen LogP contribution in [0.2, 0.25) is 5.02 Å². The van der Waals surface area contributed by atoms with Crippen LogP contribution < -0.4 is 11.1 Å². The van der Waals surface area contributed by atoms with Crippen molar-refractivity contribution >= 4 is 46.1 Å². The van der Waals surface area contributed by atoms with Crippen LogP contribution in [0, 0.1) is 11.8 Å². The van der Waals surface area contributed by atoms with Gasteiger partial charge in [-0.2, -0.15) is 0 Å². The van der Waals surface area contributed by atoms with Crippen molar-refractivity contribution in [2.45, 2.75) is 18.9 Å². The van der Waals surface area contributed by atoms with Crippen LogP contribution in [0.1, 0.15) is 29.2 Å². The number of anilines is 2. The molecule has 4 aromatic rings. The molecule has 0 radical (unpaired) electrons. The Labute approximate surface area is 224 Å². The fourth-order valence-corrected chi connectivity index (χ4v) is 5.96. The SMILES string of the molecule is C=CC(=O)N1CC2CC(n3cc(-c4ccc(C(=O)Nc5ccc(Cl)cn5)cc4)c4c(N)ncnc43)CC2C1. The second-order valence-corrected chi connectivity index (χ2v) is 10.3. The lowest BCUT2D eigenvalue weighted by molar-refractivity contribution is -0.125. The minimum atomic E-state index is -0.266. The molecular weight excluding hydrogens is 502 g/mol. The van der Waals surface area contributed by atoms with Gasteiger partial charge in [-0.15, -0.1) is 0 Å². The number of hydrogen-bond donors (Lipinski definition) is 2. The molecule has 10 heteroatoms. The van der Waals surface area contributed by atoms with Crippen molar-refractivity contribution in [3.63, 3.8) is 0 Å². The highest BCUT2D eigenvalue weighted by Crippen LogP contribution is 2.46. The van der Waals surface area contributed by atoms with Crippen molar-refractivity contribution in [3.8, 4) is 11.1 Å². The van der Waals surface area contributed by atoms with E-state index in [-0.39, 0.29) is 17.9 Å². The van der Waals surface area contributed by atoms with Crippen molar-refractivity contribution in [2.24, 2.45) is 11.8 Å². The number of benzene rings is 1. The maximum Gasteiger partial charge on any atom is 0.256 e. The summed E-state index contributed by atoms with van der Waals surface area (Å²) in [6.07, 6.45) is 8.41. The van der Waals surface area contributed by atoms with Gasteiger partial charge in [0, 0.05) is 42.7 Å². The second kappa shape index (κ2) is 9.57.